The molecule has 0 aromatic heterocycles. The van der Waals surface area contributed by atoms with E-state index in [2.05, 4.69) is 30.3 Å². The minimum Gasteiger partial charge on any atom is -0.323 e. The SMILES string of the molecule is NC1c2ccccc2CCCC1Sc1cccc(Cl)c1. The second-order valence-electron chi connectivity index (χ2n) is 5.23. The Morgan fingerprint density at radius 1 is 1.10 bits per heavy atom. The summed E-state index contributed by atoms with van der Waals surface area (Å²) in [5.74, 6) is 0. The lowest BCUT2D eigenvalue weighted by atomic mass is 10.00. The Bertz CT molecular complexity index is 599. The van der Waals surface area contributed by atoms with Gasteiger partial charge in [-0.3, -0.25) is 0 Å². The van der Waals surface area contributed by atoms with E-state index in [1.807, 2.05) is 30.0 Å². The molecule has 3 heteroatoms. The molecule has 0 heterocycles. The molecule has 104 valence electrons. The van der Waals surface area contributed by atoms with Crippen LogP contribution in [0.2, 0.25) is 5.02 Å². The number of halogens is 1. The summed E-state index contributed by atoms with van der Waals surface area (Å²) < 4.78 is 0. The van der Waals surface area contributed by atoms with E-state index in [-0.39, 0.29) is 6.04 Å². The van der Waals surface area contributed by atoms with E-state index in [0.717, 1.165) is 17.9 Å². The first-order valence-corrected chi connectivity index (χ1v) is 8.25. The zero-order valence-electron chi connectivity index (χ0n) is 11.3. The summed E-state index contributed by atoms with van der Waals surface area (Å²) in [5.41, 5.74) is 9.24. The van der Waals surface area contributed by atoms with E-state index >= 15 is 0 Å². The van der Waals surface area contributed by atoms with E-state index in [9.17, 15) is 0 Å². The number of thioether (sulfide) groups is 1. The van der Waals surface area contributed by atoms with Gasteiger partial charge in [0, 0.05) is 21.2 Å². The Morgan fingerprint density at radius 3 is 2.80 bits per heavy atom. The summed E-state index contributed by atoms with van der Waals surface area (Å²) in [7, 11) is 0. The predicted octanol–water partition coefficient (Wildman–Crippen LogP) is 4.84. The highest BCUT2D eigenvalue weighted by atomic mass is 35.5. The lowest BCUT2D eigenvalue weighted by molar-refractivity contribution is 0.632. The summed E-state index contributed by atoms with van der Waals surface area (Å²) in [6.07, 6.45) is 3.48. The topological polar surface area (TPSA) is 26.0 Å². The summed E-state index contributed by atoms with van der Waals surface area (Å²) in [5, 5.41) is 1.20. The molecule has 1 aliphatic rings. The lowest BCUT2D eigenvalue weighted by Crippen LogP contribution is -2.23. The average molecular weight is 304 g/mol. The number of rotatable bonds is 2. The van der Waals surface area contributed by atoms with Crippen LogP contribution in [0.4, 0.5) is 0 Å². The van der Waals surface area contributed by atoms with Gasteiger partial charge >= 0.3 is 0 Å². The van der Waals surface area contributed by atoms with Crippen LogP contribution >= 0.6 is 23.4 Å². The third-order valence-corrected chi connectivity index (χ3v) is 5.43. The van der Waals surface area contributed by atoms with Gasteiger partial charge in [-0.1, -0.05) is 41.9 Å². The van der Waals surface area contributed by atoms with Crippen LogP contribution in [0.15, 0.2) is 53.4 Å². The van der Waals surface area contributed by atoms with Crippen molar-refractivity contribution in [1.82, 2.24) is 0 Å². The molecule has 2 N–H and O–H groups in total. The van der Waals surface area contributed by atoms with Crippen molar-refractivity contribution in [2.24, 2.45) is 5.73 Å². The monoisotopic (exact) mass is 303 g/mol. The molecule has 0 aliphatic heterocycles. The van der Waals surface area contributed by atoms with Gasteiger partial charge in [-0.15, -0.1) is 11.8 Å². The summed E-state index contributed by atoms with van der Waals surface area (Å²) in [6.45, 7) is 0. The van der Waals surface area contributed by atoms with Crippen LogP contribution in [0.25, 0.3) is 0 Å². The molecular formula is C17H18ClNS. The van der Waals surface area contributed by atoms with Crippen LogP contribution in [0.3, 0.4) is 0 Å². The Balaban J connectivity index is 1.84. The first-order valence-electron chi connectivity index (χ1n) is 6.99. The van der Waals surface area contributed by atoms with Crippen LogP contribution in [-0.4, -0.2) is 5.25 Å². The quantitative estimate of drug-likeness (QED) is 0.804. The zero-order chi connectivity index (χ0) is 13.9. The smallest absolute Gasteiger partial charge is 0.0421 e. The third-order valence-electron chi connectivity index (χ3n) is 3.83. The molecule has 0 saturated carbocycles. The van der Waals surface area contributed by atoms with Gasteiger partial charge in [0.1, 0.15) is 0 Å². The normalized spacial score (nSPS) is 22.1. The maximum absolute atomic E-state index is 6.52. The van der Waals surface area contributed by atoms with Crippen LogP contribution < -0.4 is 5.73 Å². The molecule has 2 atom stereocenters. The molecule has 2 aromatic carbocycles. The molecule has 0 radical (unpaired) electrons. The fraction of sp³-hybridized carbons (Fsp3) is 0.294. The molecule has 20 heavy (non-hydrogen) atoms. The Morgan fingerprint density at radius 2 is 1.95 bits per heavy atom. The second kappa shape index (κ2) is 6.21. The standard InChI is InChI=1S/C17H18ClNS/c18-13-7-4-8-14(11-13)20-16-10-3-6-12-5-1-2-9-15(12)17(16)19/h1-2,4-5,7-9,11,16-17H,3,6,10,19H2. The zero-order valence-corrected chi connectivity index (χ0v) is 12.8. The van der Waals surface area contributed by atoms with Crippen molar-refractivity contribution >= 4 is 23.4 Å². The fourth-order valence-electron chi connectivity index (χ4n) is 2.81. The molecular weight excluding hydrogens is 286 g/mol. The summed E-state index contributed by atoms with van der Waals surface area (Å²) in [6, 6.07) is 16.7. The van der Waals surface area contributed by atoms with Crippen molar-refractivity contribution in [2.45, 2.75) is 35.4 Å². The van der Waals surface area contributed by atoms with Crippen molar-refractivity contribution in [3.05, 3.63) is 64.7 Å². The largest absolute Gasteiger partial charge is 0.323 e. The molecule has 0 fully saturated rings. The summed E-state index contributed by atoms with van der Waals surface area (Å²) in [4.78, 5) is 1.21. The van der Waals surface area contributed by atoms with Gasteiger partial charge < -0.3 is 5.73 Å². The first kappa shape index (κ1) is 14.0. The van der Waals surface area contributed by atoms with Crippen molar-refractivity contribution in [1.29, 1.82) is 0 Å². The Hall–Kier alpha value is -0.960. The molecule has 0 spiro atoms. The highest BCUT2D eigenvalue weighted by Gasteiger charge is 2.25. The maximum atomic E-state index is 6.52. The minimum atomic E-state index is 0.0951. The van der Waals surface area contributed by atoms with Crippen molar-refractivity contribution in [2.75, 3.05) is 0 Å². The Kier molecular flexibility index (Phi) is 4.35. The van der Waals surface area contributed by atoms with Crippen molar-refractivity contribution in [3.63, 3.8) is 0 Å². The first-order chi connectivity index (χ1) is 9.74. The molecule has 0 saturated heterocycles. The number of hydrogen-bond acceptors (Lipinski definition) is 2. The van der Waals surface area contributed by atoms with Crippen LogP contribution in [0.1, 0.15) is 30.0 Å². The number of nitrogens with two attached hydrogens (primary N) is 1. The number of benzene rings is 2. The molecule has 3 rings (SSSR count). The molecule has 1 nitrogen and oxygen atoms in total. The number of aryl methyl sites for hydroxylation is 1. The van der Waals surface area contributed by atoms with E-state index in [1.165, 1.54) is 22.4 Å². The third kappa shape index (κ3) is 3.03. The molecule has 0 amide bonds. The second-order valence-corrected chi connectivity index (χ2v) is 6.98. The van der Waals surface area contributed by atoms with Crippen LogP contribution in [-0.2, 0) is 6.42 Å². The average Bonchev–Trinajstić information content (AvgIpc) is 2.60. The predicted molar refractivity (Wildman–Crippen MR) is 87.4 cm³/mol. The number of hydrogen-bond donors (Lipinski definition) is 1. The minimum absolute atomic E-state index is 0.0951. The molecule has 2 aromatic rings. The number of fused-ring (bicyclic) bond motifs is 1. The Labute approximate surface area is 129 Å². The fourth-order valence-corrected chi connectivity index (χ4v) is 4.34. The lowest BCUT2D eigenvalue weighted by Gasteiger charge is -2.22. The van der Waals surface area contributed by atoms with Gasteiger partial charge in [0.15, 0.2) is 0 Å². The van der Waals surface area contributed by atoms with Gasteiger partial charge in [0.2, 0.25) is 0 Å². The molecule has 1 aliphatic carbocycles. The highest BCUT2D eigenvalue weighted by Crippen LogP contribution is 2.38. The van der Waals surface area contributed by atoms with Gasteiger partial charge in [0.05, 0.1) is 0 Å². The van der Waals surface area contributed by atoms with Crippen LogP contribution in [0.5, 0.6) is 0 Å². The van der Waals surface area contributed by atoms with Crippen molar-refractivity contribution in [3.8, 4) is 0 Å². The molecule has 2 unspecified atom stereocenters. The van der Waals surface area contributed by atoms with E-state index in [1.54, 1.807) is 0 Å². The van der Waals surface area contributed by atoms with Gasteiger partial charge in [-0.05, 0) is 48.6 Å². The summed E-state index contributed by atoms with van der Waals surface area (Å²) >= 11 is 7.92. The van der Waals surface area contributed by atoms with Crippen molar-refractivity contribution < 1.29 is 0 Å². The van der Waals surface area contributed by atoms with Gasteiger partial charge in [-0.2, -0.15) is 0 Å². The van der Waals surface area contributed by atoms with Crippen LogP contribution in [0, 0.1) is 0 Å². The van der Waals surface area contributed by atoms with E-state index in [4.69, 9.17) is 17.3 Å². The van der Waals surface area contributed by atoms with E-state index < -0.39 is 0 Å². The molecule has 0 bridgehead atoms. The maximum Gasteiger partial charge on any atom is 0.0421 e. The highest BCUT2D eigenvalue weighted by molar-refractivity contribution is 8.00. The van der Waals surface area contributed by atoms with Gasteiger partial charge in [-0.25, -0.2) is 0 Å². The van der Waals surface area contributed by atoms with E-state index in [0.29, 0.717) is 5.25 Å². The van der Waals surface area contributed by atoms with Gasteiger partial charge in [0.25, 0.3) is 0 Å².